The van der Waals surface area contributed by atoms with Crippen LogP contribution in [0.3, 0.4) is 0 Å². The van der Waals surface area contributed by atoms with Crippen molar-refractivity contribution >= 4 is 34.4 Å². The molecule has 7 nitrogen and oxygen atoms in total. The predicted molar refractivity (Wildman–Crippen MR) is 160 cm³/mol. The summed E-state index contributed by atoms with van der Waals surface area (Å²) in [4.78, 5) is 35.1. The first-order valence-electron chi connectivity index (χ1n) is 15.0. The predicted octanol–water partition coefficient (Wildman–Crippen LogP) is 6.90. The number of unbranched alkanes of at least 4 members (excludes halogenated alkanes) is 2. The van der Waals surface area contributed by atoms with Gasteiger partial charge in [0.2, 0.25) is 5.95 Å². The molecular weight excluding hydrogens is 486 g/mol. The van der Waals surface area contributed by atoms with Gasteiger partial charge >= 0.3 is 0 Å². The molecule has 0 saturated carbocycles. The van der Waals surface area contributed by atoms with Gasteiger partial charge in [-0.3, -0.25) is 9.59 Å². The number of hydrogen-bond donors (Lipinski definition) is 1. The smallest absolute Gasteiger partial charge is 0.253 e. The Bertz CT molecular complexity index is 1220. The molecule has 0 spiro atoms. The lowest BCUT2D eigenvalue weighted by Gasteiger charge is -2.22. The van der Waals surface area contributed by atoms with Crippen molar-refractivity contribution in [3.8, 4) is 0 Å². The van der Waals surface area contributed by atoms with E-state index in [0.717, 1.165) is 92.1 Å². The van der Waals surface area contributed by atoms with E-state index >= 15 is 0 Å². The van der Waals surface area contributed by atoms with E-state index in [0.29, 0.717) is 6.42 Å². The van der Waals surface area contributed by atoms with E-state index < -0.39 is 0 Å². The Kier molecular flexibility index (Phi) is 10.5. The highest BCUT2D eigenvalue weighted by atomic mass is 16.2. The maximum Gasteiger partial charge on any atom is 0.253 e. The Balaban J connectivity index is 1.62. The molecule has 7 heteroatoms. The highest BCUT2D eigenvalue weighted by Crippen LogP contribution is 2.26. The van der Waals surface area contributed by atoms with Crippen LogP contribution in [0.15, 0.2) is 42.5 Å². The molecule has 39 heavy (non-hydrogen) atoms. The van der Waals surface area contributed by atoms with E-state index in [-0.39, 0.29) is 11.7 Å². The molecule has 1 aromatic heterocycles. The Labute approximate surface area is 233 Å². The highest BCUT2D eigenvalue weighted by molar-refractivity contribution is 5.98. The van der Waals surface area contributed by atoms with Crippen LogP contribution in [-0.2, 0) is 6.54 Å². The second-order valence-electron chi connectivity index (χ2n) is 10.7. The standard InChI is InChI=1S/C32H45N5O2/c1-4-7-21-36(22-8-5-2)31(39)26-14-17-28-29(24-26)37(23-11-20-35-18-9-10-19-35)32(34-28)33-27-15-12-25(13-16-27)30(38)6-3/h12-17,24H,4-11,18-23H2,1-3H3,(H,33,34). The molecule has 3 aromatic rings. The Morgan fingerprint density at radius 2 is 1.54 bits per heavy atom. The van der Waals surface area contributed by atoms with Gasteiger partial charge in [0, 0.05) is 42.9 Å². The molecule has 1 fully saturated rings. The maximum atomic E-state index is 13.6. The molecule has 0 unspecified atom stereocenters. The van der Waals surface area contributed by atoms with Gasteiger partial charge in [0.15, 0.2) is 5.78 Å². The zero-order chi connectivity index (χ0) is 27.6. The molecule has 1 aliphatic rings. The molecule has 210 valence electrons. The van der Waals surface area contributed by atoms with Gasteiger partial charge in [-0.25, -0.2) is 4.98 Å². The number of benzene rings is 2. The number of likely N-dealkylation sites (tertiary alicyclic amines) is 1. The van der Waals surface area contributed by atoms with E-state index in [1.165, 1.54) is 25.9 Å². The van der Waals surface area contributed by atoms with Gasteiger partial charge in [-0.15, -0.1) is 0 Å². The molecule has 0 atom stereocenters. The van der Waals surface area contributed by atoms with Gasteiger partial charge in [-0.05, 0) is 94.2 Å². The van der Waals surface area contributed by atoms with E-state index in [1.807, 2.05) is 54.3 Å². The van der Waals surface area contributed by atoms with Crippen molar-refractivity contribution in [1.82, 2.24) is 19.4 Å². The Morgan fingerprint density at radius 3 is 2.18 bits per heavy atom. The molecule has 1 aliphatic heterocycles. The fourth-order valence-electron chi connectivity index (χ4n) is 5.30. The van der Waals surface area contributed by atoms with Gasteiger partial charge in [0.05, 0.1) is 11.0 Å². The number of aromatic nitrogens is 2. The average Bonchev–Trinajstić information content (AvgIpc) is 3.60. The summed E-state index contributed by atoms with van der Waals surface area (Å²) >= 11 is 0. The molecule has 2 aromatic carbocycles. The first kappa shape index (κ1) is 28.8. The number of imidazole rings is 1. The van der Waals surface area contributed by atoms with Crippen molar-refractivity contribution < 1.29 is 9.59 Å². The van der Waals surface area contributed by atoms with Crippen LogP contribution in [0.5, 0.6) is 0 Å². The molecule has 1 N–H and O–H groups in total. The summed E-state index contributed by atoms with van der Waals surface area (Å²) in [6.45, 7) is 12.0. The largest absolute Gasteiger partial charge is 0.339 e. The minimum atomic E-state index is 0.106. The number of carbonyl (C=O) groups excluding carboxylic acids is 2. The Morgan fingerprint density at radius 1 is 0.872 bits per heavy atom. The average molecular weight is 532 g/mol. The fourth-order valence-corrected chi connectivity index (χ4v) is 5.30. The van der Waals surface area contributed by atoms with Gasteiger partial charge in [0.25, 0.3) is 5.91 Å². The zero-order valence-corrected chi connectivity index (χ0v) is 24.0. The quantitative estimate of drug-likeness (QED) is 0.216. The second kappa shape index (κ2) is 14.3. The lowest BCUT2D eigenvalue weighted by atomic mass is 10.1. The number of ketones is 1. The molecule has 2 heterocycles. The summed E-state index contributed by atoms with van der Waals surface area (Å²) in [5, 5.41) is 3.48. The maximum absolute atomic E-state index is 13.6. The molecule has 4 rings (SSSR count). The van der Waals surface area contributed by atoms with E-state index in [4.69, 9.17) is 4.98 Å². The van der Waals surface area contributed by atoms with Crippen molar-refractivity contribution in [2.75, 3.05) is 38.0 Å². The number of carbonyl (C=O) groups is 2. The van der Waals surface area contributed by atoms with E-state index in [2.05, 4.69) is 28.6 Å². The third kappa shape index (κ3) is 7.47. The number of nitrogens with one attached hydrogen (secondary N) is 1. The number of nitrogens with zero attached hydrogens (tertiary/aromatic N) is 4. The fraction of sp³-hybridized carbons (Fsp3) is 0.531. The first-order valence-corrected chi connectivity index (χ1v) is 15.0. The van der Waals surface area contributed by atoms with Gasteiger partial charge < -0.3 is 19.7 Å². The van der Waals surface area contributed by atoms with Crippen molar-refractivity contribution in [1.29, 1.82) is 0 Å². The van der Waals surface area contributed by atoms with Gasteiger partial charge in [-0.2, -0.15) is 0 Å². The SMILES string of the molecule is CCCCN(CCCC)C(=O)c1ccc2nc(Nc3ccc(C(=O)CC)cc3)n(CCCN3CCCC3)c2c1. The van der Waals surface area contributed by atoms with E-state index in [1.54, 1.807) is 0 Å². The van der Waals surface area contributed by atoms with Crippen LogP contribution in [0.4, 0.5) is 11.6 Å². The summed E-state index contributed by atoms with van der Waals surface area (Å²) in [5.41, 5.74) is 4.20. The van der Waals surface area contributed by atoms with Crippen LogP contribution in [0.25, 0.3) is 11.0 Å². The lowest BCUT2D eigenvalue weighted by molar-refractivity contribution is 0.0751. The number of hydrogen-bond acceptors (Lipinski definition) is 5. The van der Waals surface area contributed by atoms with Crippen LogP contribution in [0.1, 0.15) is 92.9 Å². The number of fused-ring (bicyclic) bond motifs is 1. The van der Waals surface area contributed by atoms with E-state index in [9.17, 15) is 9.59 Å². The number of amides is 1. The summed E-state index contributed by atoms with van der Waals surface area (Å²) in [5.74, 6) is 1.01. The first-order chi connectivity index (χ1) is 19.0. The molecule has 0 bridgehead atoms. The lowest BCUT2D eigenvalue weighted by Crippen LogP contribution is -2.33. The molecular formula is C32H45N5O2. The monoisotopic (exact) mass is 531 g/mol. The summed E-state index contributed by atoms with van der Waals surface area (Å²) < 4.78 is 2.22. The van der Waals surface area contributed by atoms with Crippen molar-refractivity contribution in [2.45, 2.75) is 78.7 Å². The minimum absolute atomic E-state index is 0.106. The normalized spacial score (nSPS) is 13.7. The third-order valence-electron chi connectivity index (χ3n) is 7.68. The second-order valence-corrected chi connectivity index (χ2v) is 10.7. The molecule has 1 saturated heterocycles. The third-order valence-corrected chi connectivity index (χ3v) is 7.68. The molecule has 0 aliphatic carbocycles. The van der Waals surface area contributed by atoms with Crippen LogP contribution in [0.2, 0.25) is 0 Å². The minimum Gasteiger partial charge on any atom is -0.339 e. The number of Topliss-reactive ketones (excluding diaryl/α,β-unsaturated/α-hetero) is 1. The molecule has 0 radical (unpaired) electrons. The number of aryl methyl sites for hydroxylation is 1. The van der Waals surface area contributed by atoms with Crippen LogP contribution in [-0.4, -0.2) is 63.8 Å². The van der Waals surface area contributed by atoms with Crippen molar-refractivity contribution in [2.24, 2.45) is 0 Å². The summed E-state index contributed by atoms with van der Waals surface area (Å²) in [6, 6.07) is 13.5. The summed E-state index contributed by atoms with van der Waals surface area (Å²) in [6.07, 6.45) is 8.26. The van der Waals surface area contributed by atoms with Gasteiger partial charge in [-0.1, -0.05) is 33.6 Å². The Hall–Kier alpha value is -3.19. The van der Waals surface area contributed by atoms with Gasteiger partial charge in [0.1, 0.15) is 0 Å². The number of anilines is 2. The highest BCUT2D eigenvalue weighted by Gasteiger charge is 2.19. The topological polar surface area (TPSA) is 70.5 Å². The molecule has 1 amide bonds. The van der Waals surface area contributed by atoms with Crippen LogP contribution >= 0.6 is 0 Å². The summed E-state index contributed by atoms with van der Waals surface area (Å²) in [7, 11) is 0. The zero-order valence-electron chi connectivity index (χ0n) is 24.0. The number of rotatable bonds is 15. The van der Waals surface area contributed by atoms with Crippen molar-refractivity contribution in [3.63, 3.8) is 0 Å². The van der Waals surface area contributed by atoms with Crippen molar-refractivity contribution in [3.05, 3.63) is 53.6 Å². The van der Waals surface area contributed by atoms with Crippen LogP contribution < -0.4 is 5.32 Å². The van der Waals surface area contributed by atoms with Crippen LogP contribution in [0, 0.1) is 0 Å².